The molecule has 2 heterocycles. The van der Waals surface area contributed by atoms with Crippen molar-refractivity contribution in [2.75, 3.05) is 0 Å². The second-order valence-electron chi connectivity index (χ2n) is 3.94. The minimum atomic E-state index is -6.00. The van der Waals surface area contributed by atoms with Gasteiger partial charge in [0.2, 0.25) is 0 Å². The fraction of sp³-hybridized carbons (Fsp3) is 0.300. The third kappa shape index (κ3) is 5.06. The Morgan fingerprint density at radius 2 is 1.53 bits per heavy atom. The number of pyridine rings is 1. The van der Waals surface area contributed by atoms with Crippen molar-refractivity contribution in [1.29, 1.82) is 0 Å². The molecule has 19 heavy (non-hydrogen) atoms. The Morgan fingerprint density at radius 3 is 1.89 bits per heavy atom. The Hall–Kier alpha value is -1.93. The van der Waals surface area contributed by atoms with Crippen molar-refractivity contribution in [3.63, 3.8) is 0 Å². The molecule has 2 rings (SSSR count). The smallest absolute Gasteiger partial charge is 0.418 e. The van der Waals surface area contributed by atoms with Crippen LogP contribution in [0, 0.1) is 20.8 Å². The largest absolute Gasteiger partial charge is 0.673 e. The van der Waals surface area contributed by atoms with Crippen molar-refractivity contribution in [3.05, 3.63) is 41.7 Å². The van der Waals surface area contributed by atoms with Crippen LogP contribution in [0.3, 0.4) is 0 Å². The molecule has 9 heteroatoms. The number of rotatable bonds is 1. The zero-order valence-electron chi connectivity index (χ0n) is 10.7. The molecule has 0 N–H and O–H groups in total. The molecule has 0 radical (unpaired) electrons. The predicted octanol–water partition coefficient (Wildman–Crippen LogP) is 2.10. The lowest BCUT2D eigenvalue weighted by atomic mass is 10.2. The van der Waals surface area contributed by atoms with Gasteiger partial charge in [-0.15, -0.1) is 4.68 Å². The van der Waals surface area contributed by atoms with Crippen LogP contribution in [0.25, 0.3) is 0 Å². The number of halogens is 4. The maximum atomic E-state index is 9.75. The Labute approximate surface area is 107 Å². The van der Waals surface area contributed by atoms with Gasteiger partial charge >= 0.3 is 7.25 Å². The van der Waals surface area contributed by atoms with Gasteiger partial charge in [0.1, 0.15) is 11.4 Å². The molecular formula is C10H13BF4N4. The lowest BCUT2D eigenvalue weighted by molar-refractivity contribution is -0.747. The van der Waals surface area contributed by atoms with E-state index in [1.54, 1.807) is 11.1 Å². The maximum absolute atomic E-state index is 9.75. The molecule has 0 bridgehead atoms. The first-order valence-corrected chi connectivity index (χ1v) is 5.41. The number of nitrogens with zero attached hydrogens (tertiary/aromatic N) is 4. The van der Waals surface area contributed by atoms with Crippen molar-refractivity contribution in [2.45, 2.75) is 20.8 Å². The first kappa shape index (κ1) is 15.1. The molecule has 2 aromatic heterocycles. The van der Waals surface area contributed by atoms with E-state index < -0.39 is 7.25 Å². The number of hydrogen-bond acceptors (Lipinski definition) is 2. The summed E-state index contributed by atoms with van der Waals surface area (Å²) in [6.07, 6.45) is 3.22. The van der Waals surface area contributed by atoms with Gasteiger partial charge in [-0.25, -0.2) is 0 Å². The normalized spacial score (nSPS) is 10.9. The van der Waals surface area contributed by atoms with E-state index in [4.69, 9.17) is 0 Å². The van der Waals surface area contributed by atoms with Gasteiger partial charge in [0.05, 0.1) is 5.10 Å². The second-order valence-corrected chi connectivity index (χ2v) is 3.94. The minimum Gasteiger partial charge on any atom is -0.418 e. The standard InChI is InChI=1S/C10H13N4.BF4/c1-8-4-9(2)14(10(3)5-8)13-7-11-6-12-13;2-1(3,4)5/h4-7H,1-3H3;/q+1;-1. The molecule has 4 nitrogen and oxygen atoms in total. The highest BCUT2D eigenvalue weighted by Crippen LogP contribution is 2.06. The summed E-state index contributed by atoms with van der Waals surface area (Å²) in [5.41, 5.74) is 3.55. The average Bonchev–Trinajstić information content (AvgIpc) is 2.66. The minimum absolute atomic E-state index is 1.15. The Morgan fingerprint density at radius 1 is 1.05 bits per heavy atom. The van der Waals surface area contributed by atoms with E-state index in [0.29, 0.717) is 0 Å². The van der Waals surface area contributed by atoms with Crippen LogP contribution in [0.2, 0.25) is 0 Å². The lowest BCUT2D eigenvalue weighted by Gasteiger charge is -2.05. The molecule has 0 aliphatic heterocycles. The SMILES string of the molecule is Cc1cc(C)[n+](-n2cncn2)c(C)c1.F[B-](F)(F)F. The van der Waals surface area contributed by atoms with Crippen molar-refractivity contribution in [1.82, 2.24) is 14.9 Å². The Bertz CT molecular complexity index is 510. The van der Waals surface area contributed by atoms with Crippen molar-refractivity contribution in [2.24, 2.45) is 0 Å². The zero-order valence-corrected chi connectivity index (χ0v) is 10.7. The average molecular weight is 276 g/mol. The highest BCUT2D eigenvalue weighted by Gasteiger charge is 2.20. The molecule has 0 unspecified atom stereocenters. The van der Waals surface area contributed by atoms with Gasteiger partial charge in [0.25, 0.3) is 6.33 Å². The topological polar surface area (TPSA) is 34.6 Å². The highest BCUT2D eigenvalue weighted by atomic mass is 19.5. The quantitative estimate of drug-likeness (QED) is 0.454. The summed E-state index contributed by atoms with van der Waals surface area (Å²) in [5, 5.41) is 4.11. The predicted molar refractivity (Wildman–Crippen MR) is 61.9 cm³/mol. The molecule has 104 valence electrons. The summed E-state index contributed by atoms with van der Waals surface area (Å²) in [6, 6.07) is 4.24. The molecule has 2 aromatic rings. The summed E-state index contributed by atoms with van der Waals surface area (Å²) in [7, 11) is -6.00. The molecule has 0 amide bonds. The summed E-state index contributed by atoms with van der Waals surface area (Å²) < 4.78 is 41.0. The molecule has 0 atom stereocenters. The molecule has 0 aromatic carbocycles. The molecular weight excluding hydrogens is 263 g/mol. The van der Waals surface area contributed by atoms with Gasteiger partial charge < -0.3 is 17.3 Å². The van der Waals surface area contributed by atoms with Gasteiger partial charge in [-0.3, -0.25) is 0 Å². The van der Waals surface area contributed by atoms with Crippen LogP contribution in [0.5, 0.6) is 0 Å². The van der Waals surface area contributed by atoms with Crippen LogP contribution in [0.4, 0.5) is 17.3 Å². The Kier molecular flexibility index (Phi) is 4.63. The highest BCUT2D eigenvalue weighted by molar-refractivity contribution is 6.50. The van der Waals surface area contributed by atoms with E-state index in [9.17, 15) is 17.3 Å². The van der Waals surface area contributed by atoms with Crippen LogP contribution < -0.4 is 4.68 Å². The molecule has 0 saturated carbocycles. The monoisotopic (exact) mass is 276 g/mol. The van der Waals surface area contributed by atoms with Crippen molar-refractivity contribution >= 4 is 7.25 Å². The van der Waals surface area contributed by atoms with Gasteiger partial charge in [0, 0.05) is 18.6 Å². The van der Waals surface area contributed by atoms with Crippen LogP contribution >= 0.6 is 0 Å². The van der Waals surface area contributed by atoms with Crippen molar-refractivity contribution in [3.8, 4) is 0 Å². The second kappa shape index (κ2) is 5.81. The fourth-order valence-corrected chi connectivity index (χ4v) is 1.73. The molecule has 0 spiro atoms. The fourth-order valence-electron chi connectivity index (χ4n) is 1.73. The number of aromatic nitrogens is 4. The Balaban J connectivity index is 0.000000312. The molecule has 0 saturated heterocycles. The first-order chi connectivity index (χ1) is 8.68. The summed E-state index contributed by atoms with van der Waals surface area (Å²) >= 11 is 0. The van der Waals surface area contributed by atoms with Gasteiger partial charge in [-0.2, -0.15) is 4.98 Å². The van der Waals surface area contributed by atoms with E-state index >= 15 is 0 Å². The van der Waals surface area contributed by atoms with E-state index in [1.165, 1.54) is 11.9 Å². The number of aryl methyl sites for hydroxylation is 3. The van der Waals surface area contributed by atoms with Gasteiger partial charge in [-0.05, 0) is 24.6 Å². The maximum Gasteiger partial charge on any atom is 0.673 e. The summed E-state index contributed by atoms with van der Waals surface area (Å²) in [5.74, 6) is 0. The third-order valence-corrected chi connectivity index (χ3v) is 2.15. The van der Waals surface area contributed by atoms with Crippen molar-refractivity contribution < 1.29 is 21.9 Å². The van der Waals surface area contributed by atoms with Gasteiger partial charge in [0.15, 0.2) is 6.33 Å². The van der Waals surface area contributed by atoms with E-state index in [1.807, 2.05) is 4.68 Å². The van der Waals surface area contributed by atoms with Crippen LogP contribution in [0.15, 0.2) is 24.8 Å². The van der Waals surface area contributed by atoms with Crippen LogP contribution in [-0.2, 0) is 0 Å². The lowest BCUT2D eigenvalue weighted by Crippen LogP contribution is -2.47. The van der Waals surface area contributed by atoms with Crippen LogP contribution in [-0.4, -0.2) is 22.1 Å². The zero-order chi connectivity index (χ0) is 14.6. The van der Waals surface area contributed by atoms with E-state index in [2.05, 4.69) is 43.0 Å². The summed E-state index contributed by atoms with van der Waals surface area (Å²) in [6.45, 7) is 6.20. The van der Waals surface area contributed by atoms with Gasteiger partial charge in [-0.1, -0.05) is 0 Å². The van der Waals surface area contributed by atoms with E-state index in [0.717, 1.165) is 11.4 Å². The first-order valence-electron chi connectivity index (χ1n) is 5.41. The summed E-state index contributed by atoms with van der Waals surface area (Å²) in [4.78, 5) is 5.66. The number of hydrogen-bond donors (Lipinski definition) is 0. The molecule has 0 aliphatic rings. The molecule has 0 fully saturated rings. The third-order valence-electron chi connectivity index (χ3n) is 2.15. The molecule has 0 aliphatic carbocycles. The van der Waals surface area contributed by atoms with E-state index in [-0.39, 0.29) is 0 Å². The van der Waals surface area contributed by atoms with Crippen LogP contribution in [0.1, 0.15) is 17.0 Å².